The van der Waals surface area contributed by atoms with Gasteiger partial charge in [-0.3, -0.25) is 14.4 Å². The van der Waals surface area contributed by atoms with Gasteiger partial charge in [0.1, 0.15) is 11.5 Å². The first-order chi connectivity index (χ1) is 14.0. The van der Waals surface area contributed by atoms with Crippen LogP contribution in [0.4, 0.5) is 0 Å². The molecule has 0 spiro atoms. The quantitative estimate of drug-likeness (QED) is 0.602. The van der Waals surface area contributed by atoms with E-state index in [1.54, 1.807) is 0 Å². The van der Waals surface area contributed by atoms with Crippen LogP contribution in [-0.2, 0) is 19.1 Å². The van der Waals surface area contributed by atoms with E-state index >= 15 is 0 Å². The van der Waals surface area contributed by atoms with E-state index in [9.17, 15) is 14.4 Å². The summed E-state index contributed by atoms with van der Waals surface area (Å²) >= 11 is 0. The second-order valence-corrected chi connectivity index (χ2v) is 10.2. The molecule has 1 atom stereocenters. The van der Waals surface area contributed by atoms with Gasteiger partial charge in [0, 0.05) is 25.2 Å². The normalized spacial score (nSPS) is 20.8. The van der Waals surface area contributed by atoms with Crippen LogP contribution in [0.15, 0.2) is 17.9 Å². The first-order valence-electron chi connectivity index (χ1n) is 11.1. The molecule has 1 unspecified atom stereocenters. The third-order valence-electron chi connectivity index (χ3n) is 6.35. The van der Waals surface area contributed by atoms with Gasteiger partial charge in [-0.05, 0) is 83.4 Å². The Bertz CT molecular complexity index is 880. The number of hydrogen-bond donors (Lipinski definition) is 0. The highest BCUT2D eigenvalue weighted by molar-refractivity contribution is 6.24. The predicted octanol–water partition coefficient (Wildman–Crippen LogP) is 5.65. The topological polar surface area (TPSA) is 60.4 Å². The summed E-state index contributed by atoms with van der Waals surface area (Å²) in [5, 5.41) is 0. The lowest BCUT2D eigenvalue weighted by atomic mass is 9.81. The van der Waals surface area contributed by atoms with Gasteiger partial charge in [0.15, 0.2) is 5.78 Å². The third-order valence-corrected chi connectivity index (χ3v) is 6.35. The fourth-order valence-corrected chi connectivity index (χ4v) is 4.81. The number of Topliss-reactive ketones (excluding diaryl/α,β-unsaturated/α-hetero) is 2. The van der Waals surface area contributed by atoms with Crippen molar-refractivity contribution < 1.29 is 19.1 Å². The van der Waals surface area contributed by atoms with Crippen molar-refractivity contribution in [1.29, 1.82) is 0 Å². The van der Waals surface area contributed by atoms with E-state index in [2.05, 4.69) is 12.1 Å². The van der Waals surface area contributed by atoms with E-state index in [4.69, 9.17) is 4.74 Å². The monoisotopic (exact) mass is 410 g/mol. The average Bonchev–Trinajstić information content (AvgIpc) is 2.91. The molecular formula is C26H34O4. The van der Waals surface area contributed by atoms with Gasteiger partial charge < -0.3 is 4.74 Å². The molecule has 1 fully saturated rings. The number of carbonyl (C=O) groups excluding carboxylic acids is 3. The van der Waals surface area contributed by atoms with Crippen LogP contribution in [0.3, 0.4) is 0 Å². The Hall–Kier alpha value is -2.23. The predicted molar refractivity (Wildman–Crippen MR) is 118 cm³/mol. The molecule has 4 heteroatoms. The zero-order chi connectivity index (χ0) is 22.2. The van der Waals surface area contributed by atoms with Crippen LogP contribution in [0.1, 0.15) is 81.5 Å². The molecule has 0 heterocycles. The van der Waals surface area contributed by atoms with Crippen LogP contribution < -0.4 is 0 Å². The molecular weight excluding hydrogens is 376 g/mol. The molecule has 162 valence electrons. The number of ether oxygens (including phenoxy) is 1. The molecule has 0 N–H and O–H groups in total. The Morgan fingerprint density at radius 2 is 1.60 bits per heavy atom. The molecule has 1 saturated carbocycles. The van der Waals surface area contributed by atoms with Gasteiger partial charge in [0.05, 0.1) is 11.0 Å². The molecule has 1 aromatic carbocycles. The fourth-order valence-electron chi connectivity index (χ4n) is 4.81. The Labute approximate surface area is 180 Å². The molecule has 1 aromatic rings. The summed E-state index contributed by atoms with van der Waals surface area (Å²) in [4.78, 5) is 37.6. The lowest BCUT2D eigenvalue weighted by molar-refractivity contribution is -0.149. The van der Waals surface area contributed by atoms with Crippen molar-refractivity contribution in [2.24, 2.45) is 17.3 Å². The molecule has 0 saturated heterocycles. The van der Waals surface area contributed by atoms with Crippen molar-refractivity contribution in [2.45, 2.75) is 80.1 Å². The highest BCUT2D eigenvalue weighted by Gasteiger charge is 2.40. The van der Waals surface area contributed by atoms with Crippen LogP contribution in [0.5, 0.6) is 0 Å². The number of aryl methyl sites for hydroxylation is 3. The summed E-state index contributed by atoms with van der Waals surface area (Å²) in [6, 6.07) is 4.15. The van der Waals surface area contributed by atoms with Crippen molar-refractivity contribution in [3.8, 4) is 0 Å². The molecule has 2 aliphatic carbocycles. The van der Waals surface area contributed by atoms with Crippen LogP contribution >= 0.6 is 0 Å². The Balaban J connectivity index is 2.03. The lowest BCUT2D eigenvalue weighted by Crippen LogP contribution is -2.25. The van der Waals surface area contributed by atoms with E-state index in [0.29, 0.717) is 42.3 Å². The largest absolute Gasteiger partial charge is 0.430 e. The van der Waals surface area contributed by atoms with Gasteiger partial charge in [0.2, 0.25) is 0 Å². The Kier molecular flexibility index (Phi) is 6.35. The number of benzene rings is 1. The fraction of sp³-hybridized carbons (Fsp3) is 0.577. The van der Waals surface area contributed by atoms with Crippen molar-refractivity contribution in [3.63, 3.8) is 0 Å². The molecule has 0 radical (unpaired) electrons. The average molecular weight is 411 g/mol. The van der Waals surface area contributed by atoms with Gasteiger partial charge >= 0.3 is 5.97 Å². The number of hydrogen-bond acceptors (Lipinski definition) is 4. The first-order valence-corrected chi connectivity index (χ1v) is 11.1. The zero-order valence-corrected chi connectivity index (χ0v) is 19.2. The molecule has 30 heavy (non-hydrogen) atoms. The Morgan fingerprint density at radius 1 is 1.03 bits per heavy atom. The second kappa shape index (κ2) is 8.49. The summed E-state index contributed by atoms with van der Waals surface area (Å²) in [7, 11) is 0. The summed E-state index contributed by atoms with van der Waals surface area (Å²) in [6.07, 6.45) is 4.13. The van der Waals surface area contributed by atoms with Gasteiger partial charge in [-0.1, -0.05) is 17.7 Å². The summed E-state index contributed by atoms with van der Waals surface area (Å²) < 4.78 is 5.98. The van der Waals surface area contributed by atoms with E-state index in [0.717, 1.165) is 41.5 Å². The SMILES string of the molecule is Cc1cc(C)c(C2=C(OC(=O)C(C)(C)C)C(CC3CCC(=O)CC3)CC2=O)c(C)c1. The molecule has 0 aliphatic heterocycles. The van der Waals surface area contributed by atoms with E-state index in [1.807, 2.05) is 41.5 Å². The highest BCUT2D eigenvalue weighted by atomic mass is 16.5. The summed E-state index contributed by atoms with van der Waals surface area (Å²) in [5.41, 5.74) is 4.05. The van der Waals surface area contributed by atoms with Crippen LogP contribution in [0.2, 0.25) is 0 Å². The van der Waals surface area contributed by atoms with Crippen molar-refractivity contribution in [3.05, 3.63) is 40.1 Å². The van der Waals surface area contributed by atoms with E-state index in [-0.39, 0.29) is 17.7 Å². The molecule has 0 amide bonds. The van der Waals surface area contributed by atoms with Crippen LogP contribution in [-0.4, -0.2) is 17.5 Å². The minimum absolute atomic E-state index is 0.0543. The first kappa shape index (κ1) is 22.5. The molecule has 2 aliphatic rings. The number of allylic oxidation sites excluding steroid dienone is 2. The van der Waals surface area contributed by atoms with Crippen molar-refractivity contribution in [1.82, 2.24) is 0 Å². The van der Waals surface area contributed by atoms with Crippen LogP contribution in [0.25, 0.3) is 5.57 Å². The highest BCUT2D eigenvalue weighted by Crippen LogP contribution is 2.44. The van der Waals surface area contributed by atoms with Crippen LogP contribution in [0, 0.1) is 38.0 Å². The van der Waals surface area contributed by atoms with Gasteiger partial charge in [-0.25, -0.2) is 0 Å². The van der Waals surface area contributed by atoms with Gasteiger partial charge in [-0.15, -0.1) is 0 Å². The molecule has 3 rings (SSSR count). The number of ketones is 2. The molecule has 0 bridgehead atoms. The van der Waals surface area contributed by atoms with E-state index < -0.39 is 5.41 Å². The minimum atomic E-state index is -0.650. The maximum atomic E-state index is 13.2. The standard InChI is InChI=1S/C26H34O4/c1-15-11-16(2)22(17(3)12-15)23-21(28)14-19(13-18-7-9-20(27)10-8-18)24(23)30-25(29)26(4,5)6/h11-12,18-19H,7-10,13-14H2,1-6H3. The molecule has 4 nitrogen and oxygen atoms in total. The number of rotatable bonds is 4. The van der Waals surface area contributed by atoms with Gasteiger partial charge in [-0.2, -0.15) is 0 Å². The van der Waals surface area contributed by atoms with Crippen molar-refractivity contribution >= 4 is 23.1 Å². The minimum Gasteiger partial charge on any atom is -0.430 e. The Morgan fingerprint density at radius 3 is 2.13 bits per heavy atom. The number of carbonyl (C=O) groups is 3. The smallest absolute Gasteiger partial charge is 0.316 e. The second-order valence-electron chi connectivity index (χ2n) is 10.2. The zero-order valence-electron chi connectivity index (χ0n) is 19.2. The maximum absolute atomic E-state index is 13.2. The van der Waals surface area contributed by atoms with Crippen molar-refractivity contribution in [2.75, 3.05) is 0 Å². The maximum Gasteiger partial charge on any atom is 0.316 e. The van der Waals surface area contributed by atoms with E-state index in [1.165, 1.54) is 0 Å². The van der Waals surface area contributed by atoms with Gasteiger partial charge in [0.25, 0.3) is 0 Å². The summed E-state index contributed by atoms with van der Waals surface area (Å²) in [6.45, 7) is 11.6. The number of esters is 1. The summed E-state index contributed by atoms with van der Waals surface area (Å²) in [5.74, 6) is 0.914. The lowest BCUT2D eigenvalue weighted by Gasteiger charge is -2.26. The molecule has 0 aromatic heterocycles. The third kappa shape index (κ3) is 4.74.